The van der Waals surface area contributed by atoms with Crippen molar-refractivity contribution in [3.05, 3.63) is 29.8 Å². The highest BCUT2D eigenvalue weighted by Gasteiger charge is 2.22. The van der Waals surface area contributed by atoms with Crippen LogP contribution >= 0.6 is 0 Å². The average Bonchev–Trinajstić information content (AvgIpc) is 2.37. The predicted molar refractivity (Wildman–Crippen MR) is 67.5 cm³/mol. The van der Waals surface area contributed by atoms with E-state index in [0.717, 1.165) is 25.3 Å². The second-order valence-electron chi connectivity index (χ2n) is 4.40. The van der Waals surface area contributed by atoms with E-state index in [-0.39, 0.29) is 5.78 Å². The minimum atomic E-state index is 0.286. The Morgan fingerprint density at radius 2 is 2.29 bits per heavy atom. The lowest BCUT2D eigenvalue weighted by atomic mass is 9.89. The molecule has 1 aromatic carbocycles. The minimum Gasteiger partial charge on any atom is -0.493 e. The molecular formula is C14H19NO2. The fourth-order valence-electron chi connectivity index (χ4n) is 2.24. The van der Waals surface area contributed by atoms with E-state index in [2.05, 4.69) is 11.4 Å². The Labute approximate surface area is 102 Å². The summed E-state index contributed by atoms with van der Waals surface area (Å²) in [6.07, 6.45) is 1.56. The summed E-state index contributed by atoms with van der Waals surface area (Å²) in [7, 11) is 0. The van der Waals surface area contributed by atoms with Crippen molar-refractivity contribution in [2.45, 2.75) is 25.7 Å². The molecule has 1 aliphatic heterocycles. The lowest BCUT2D eigenvalue weighted by Gasteiger charge is -2.25. The summed E-state index contributed by atoms with van der Waals surface area (Å²) >= 11 is 0. The number of carbonyl (C=O) groups excluding carboxylic acids is 1. The standard InChI is InChI=1S/C14H19NO2/c1-2-15-10-12(16)9-11-7-8-17-14-6-4-3-5-13(11)14/h3-6,11,15H,2,7-10H2,1H3. The van der Waals surface area contributed by atoms with Gasteiger partial charge in [0.15, 0.2) is 0 Å². The molecule has 3 nitrogen and oxygen atoms in total. The molecule has 1 unspecified atom stereocenters. The highest BCUT2D eigenvalue weighted by molar-refractivity contribution is 5.81. The van der Waals surface area contributed by atoms with E-state index in [4.69, 9.17) is 4.74 Å². The maximum absolute atomic E-state index is 11.8. The Morgan fingerprint density at radius 1 is 1.47 bits per heavy atom. The first kappa shape index (κ1) is 12.1. The van der Waals surface area contributed by atoms with Gasteiger partial charge in [-0.3, -0.25) is 4.79 Å². The molecule has 3 heteroatoms. The number of para-hydroxylation sites is 1. The molecule has 0 amide bonds. The zero-order chi connectivity index (χ0) is 12.1. The quantitative estimate of drug-likeness (QED) is 0.846. The topological polar surface area (TPSA) is 38.3 Å². The van der Waals surface area contributed by atoms with Gasteiger partial charge in [-0.2, -0.15) is 0 Å². The number of ether oxygens (including phenoxy) is 1. The molecule has 1 N–H and O–H groups in total. The Balaban J connectivity index is 2.01. The lowest BCUT2D eigenvalue weighted by molar-refractivity contribution is -0.118. The molecule has 1 heterocycles. The zero-order valence-electron chi connectivity index (χ0n) is 10.2. The van der Waals surface area contributed by atoms with Gasteiger partial charge in [0.2, 0.25) is 0 Å². The molecule has 2 rings (SSSR count). The highest BCUT2D eigenvalue weighted by atomic mass is 16.5. The molecule has 0 saturated carbocycles. The Bertz CT molecular complexity index is 390. The average molecular weight is 233 g/mol. The Kier molecular flexibility index (Phi) is 4.15. The van der Waals surface area contributed by atoms with Crippen molar-refractivity contribution in [3.63, 3.8) is 0 Å². The summed E-state index contributed by atoms with van der Waals surface area (Å²) < 4.78 is 5.59. The van der Waals surface area contributed by atoms with E-state index in [9.17, 15) is 4.79 Å². The largest absolute Gasteiger partial charge is 0.493 e. The van der Waals surface area contributed by atoms with Gasteiger partial charge in [0, 0.05) is 6.42 Å². The third kappa shape index (κ3) is 3.07. The molecule has 1 aliphatic rings. The Hall–Kier alpha value is -1.35. The molecule has 0 radical (unpaired) electrons. The first-order valence-corrected chi connectivity index (χ1v) is 6.25. The number of Topliss-reactive ketones (excluding diaryl/α,β-unsaturated/α-hetero) is 1. The van der Waals surface area contributed by atoms with E-state index >= 15 is 0 Å². The van der Waals surface area contributed by atoms with Crippen LogP contribution in [0.15, 0.2) is 24.3 Å². The molecule has 0 bridgehead atoms. The molecule has 0 fully saturated rings. The second kappa shape index (κ2) is 5.82. The number of benzene rings is 1. The molecule has 0 saturated heterocycles. The molecule has 1 atom stereocenters. The SMILES string of the molecule is CCNCC(=O)CC1CCOc2ccccc21. The van der Waals surface area contributed by atoms with Crippen LogP contribution in [0.1, 0.15) is 31.2 Å². The van der Waals surface area contributed by atoms with E-state index < -0.39 is 0 Å². The molecule has 1 aromatic rings. The van der Waals surface area contributed by atoms with Crippen molar-refractivity contribution >= 4 is 5.78 Å². The van der Waals surface area contributed by atoms with Gasteiger partial charge in [-0.1, -0.05) is 25.1 Å². The number of fused-ring (bicyclic) bond motifs is 1. The normalized spacial score (nSPS) is 18.3. The summed E-state index contributed by atoms with van der Waals surface area (Å²) in [5.74, 6) is 1.56. The summed E-state index contributed by atoms with van der Waals surface area (Å²) in [4.78, 5) is 11.8. The highest BCUT2D eigenvalue weighted by Crippen LogP contribution is 2.35. The van der Waals surface area contributed by atoms with Gasteiger partial charge in [-0.25, -0.2) is 0 Å². The molecule has 0 spiro atoms. The van der Waals surface area contributed by atoms with Crippen LogP contribution < -0.4 is 10.1 Å². The summed E-state index contributed by atoms with van der Waals surface area (Å²) in [5.41, 5.74) is 1.18. The monoisotopic (exact) mass is 233 g/mol. The van der Waals surface area contributed by atoms with Crippen LogP contribution in [-0.2, 0) is 4.79 Å². The van der Waals surface area contributed by atoms with Crippen molar-refractivity contribution < 1.29 is 9.53 Å². The summed E-state index contributed by atoms with van der Waals surface area (Å²) in [6.45, 7) is 4.05. The van der Waals surface area contributed by atoms with Crippen LogP contribution in [0.25, 0.3) is 0 Å². The number of likely N-dealkylation sites (N-methyl/N-ethyl adjacent to an activating group) is 1. The van der Waals surface area contributed by atoms with Crippen LogP contribution in [0, 0.1) is 0 Å². The van der Waals surface area contributed by atoms with Crippen LogP contribution in [0.5, 0.6) is 5.75 Å². The molecule has 0 aromatic heterocycles. The van der Waals surface area contributed by atoms with E-state index in [1.165, 1.54) is 5.56 Å². The lowest BCUT2D eigenvalue weighted by Crippen LogP contribution is -2.25. The number of hydrogen-bond acceptors (Lipinski definition) is 3. The van der Waals surface area contributed by atoms with Gasteiger partial charge >= 0.3 is 0 Å². The number of carbonyl (C=O) groups is 1. The van der Waals surface area contributed by atoms with Crippen molar-refractivity contribution in [3.8, 4) is 5.75 Å². The van der Waals surface area contributed by atoms with Crippen LogP contribution in [-0.4, -0.2) is 25.5 Å². The van der Waals surface area contributed by atoms with Gasteiger partial charge in [0.25, 0.3) is 0 Å². The van der Waals surface area contributed by atoms with Crippen LogP contribution in [0.2, 0.25) is 0 Å². The first-order chi connectivity index (χ1) is 8.31. The summed E-state index contributed by atoms with van der Waals surface area (Å²) in [6, 6.07) is 8.03. The van der Waals surface area contributed by atoms with Crippen molar-refractivity contribution in [2.75, 3.05) is 19.7 Å². The molecule has 0 aliphatic carbocycles. The smallest absolute Gasteiger partial charge is 0.147 e. The maximum Gasteiger partial charge on any atom is 0.147 e. The third-order valence-corrected chi connectivity index (χ3v) is 3.13. The van der Waals surface area contributed by atoms with Gasteiger partial charge < -0.3 is 10.1 Å². The number of hydrogen-bond donors (Lipinski definition) is 1. The van der Waals surface area contributed by atoms with Crippen molar-refractivity contribution in [1.29, 1.82) is 0 Å². The van der Waals surface area contributed by atoms with Gasteiger partial charge in [-0.15, -0.1) is 0 Å². The second-order valence-corrected chi connectivity index (χ2v) is 4.40. The number of ketones is 1. The third-order valence-electron chi connectivity index (χ3n) is 3.13. The number of rotatable bonds is 5. The van der Waals surface area contributed by atoms with Gasteiger partial charge in [0.05, 0.1) is 13.2 Å². The van der Waals surface area contributed by atoms with Crippen molar-refractivity contribution in [1.82, 2.24) is 5.32 Å². The van der Waals surface area contributed by atoms with E-state index in [1.54, 1.807) is 0 Å². The number of nitrogens with one attached hydrogen (secondary N) is 1. The van der Waals surface area contributed by atoms with E-state index in [0.29, 0.717) is 18.9 Å². The molecule has 17 heavy (non-hydrogen) atoms. The van der Waals surface area contributed by atoms with Crippen LogP contribution in [0.4, 0.5) is 0 Å². The summed E-state index contributed by atoms with van der Waals surface area (Å²) in [5, 5.41) is 3.08. The van der Waals surface area contributed by atoms with Crippen LogP contribution in [0.3, 0.4) is 0 Å². The predicted octanol–water partition coefficient (Wildman–Crippen LogP) is 2.12. The molecular weight excluding hydrogens is 214 g/mol. The fraction of sp³-hybridized carbons (Fsp3) is 0.500. The Morgan fingerprint density at radius 3 is 3.12 bits per heavy atom. The first-order valence-electron chi connectivity index (χ1n) is 6.25. The van der Waals surface area contributed by atoms with Gasteiger partial charge in [0.1, 0.15) is 11.5 Å². The van der Waals surface area contributed by atoms with Gasteiger partial charge in [-0.05, 0) is 30.5 Å². The zero-order valence-corrected chi connectivity index (χ0v) is 10.2. The molecule has 92 valence electrons. The van der Waals surface area contributed by atoms with Crippen molar-refractivity contribution in [2.24, 2.45) is 0 Å². The van der Waals surface area contributed by atoms with E-state index in [1.807, 2.05) is 25.1 Å². The maximum atomic E-state index is 11.8. The minimum absolute atomic E-state index is 0.286. The fourth-order valence-corrected chi connectivity index (χ4v) is 2.24.